The molecule has 0 aromatic heterocycles. The van der Waals surface area contributed by atoms with Crippen LogP contribution in [0, 0.1) is 5.82 Å². The molecule has 0 amide bonds. The first kappa shape index (κ1) is 17.3. The van der Waals surface area contributed by atoms with Crippen molar-refractivity contribution in [1.29, 1.82) is 0 Å². The fourth-order valence-electron chi connectivity index (χ4n) is 2.30. The second-order valence-electron chi connectivity index (χ2n) is 4.83. The zero-order valence-corrected chi connectivity index (χ0v) is 14.4. The Bertz CT molecular complexity index is 836. The first-order valence-electron chi connectivity index (χ1n) is 6.61. The molecule has 0 spiro atoms. The molecule has 2 aromatic rings. The van der Waals surface area contributed by atoms with E-state index in [4.69, 9.17) is 0 Å². The van der Waals surface area contributed by atoms with Crippen LogP contribution >= 0.6 is 0 Å². The van der Waals surface area contributed by atoms with Gasteiger partial charge in [0, 0.05) is 5.56 Å². The molecule has 0 bridgehead atoms. The first-order chi connectivity index (χ1) is 10.6. The predicted octanol–water partition coefficient (Wildman–Crippen LogP) is -0.620. The Morgan fingerprint density at radius 2 is 1.61 bits per heavy atom. The molecule has 0 N–H and O–H groups in total. The summed E-state index contributed by atoms with van der Waals surface area (Å²) in [5, 5.41) is 12.1. The van der Waals surface area contributed by atoms with E-state index in [0.717, 1.165) is 6.08 Å². The Morgan fingerprint density at radius 3 is 2.22 bits per heavy atom. The molecule has 5 heteroatoms. The molecular weight excluding hydrogens is 306 g/mol. The molecule has 0 saturated carbocycles. The Hall–Kier alpha value is -2.01. The van der Waals surface area contributed by atoms with Gasteiger partial charge in [-0.1, -0.05) is 48.2 Å². The van der Waals surface area contributed by atoms with E-state index < -0.39 is 17.3 Å². The van der Waals surface area contributed by atoms with E-state index in [-0.39, 0.29) is 52.1 Å². The number of carbonyl (C=O) groups is 2. The molecule has 0 heterocycles. The monoisotopic (exact) mass is 316 g/mol. The number of carbonyl (C=O) groups excluding carboxylic acids is 2. The van der Waals surface area contributed by atoms with Gasteiger partial charge in [0.15, 0.2) is 11.6 Å². The van der Waals surface area contributed by atoms with Crippen molar-refractivity contribution in [1.82, 2.24) is 0 Å². The molecular formula is C18H10FNaO3. The summed E-state index contributed by atoms with van der Waals surface area (Å²) in [5.41, 5.74) is 0.766. The van der Waals surface area contributed by atoms with Crippen LogP contribution in [0.1, 0.15) is 21.5 Å². The van der Waals surface area contributed by atoms with E-state index in [1.54, 1.807) is 12.1 Å². The molecule has 0 aliphatic heterocycles. The molecule has 0 fully saturated rings. The van der Waals surface area contributed by atoms with E-state index >= 15 is 0 Å². The van der Waals surface area contributed by atoms with Crippen molar-refractivity contribution in [2.75, 3.05) is 0 Å². The van der Waals surface area contributed by atoms with Crippen LogP contribution in [0.2, 0.25) is 0 Å². The van der Waals surface area contributed by atoms with Gasteiger partial charge in [0.1, 0.15) is 5.82 Å². The average Bonchev–Trinajstić information content (AvgIpc) is 2.79. The number of ketones is 2. The molecule has 1 aliphatic carbocycles. The fourth-order valence-corrected chi connectivity index (χ4v) is 2.30. The van der Waals surface area contributed by atoms with E-state index in [1.807, 2.05) is 0 Å². The number of rotatable bonds is 3. The third-order valence-electron chi connectivity index (χ3n) is 3.41. The predicted molar refractivity (Wildman–Crippen MR) is 78.1 cm³/mol. The molecule has 2 aromatic carbocycles. The largest absolute Gasteiger partial charge is 1.00 e. The summed E-state index contributed by atoms with van der Waals surface area (Å²) >= 11 is 0. The normalized spacial score (nSPS) is 13.2. The summed E-state index contributed by atoms with van der Waals surface area (Å²) in [4.78, 5) is 24.3. The third-order valence-corrected chi connectivity index (χ3v) is 3.41. The quantitative estimate of drug-likeness (QED) is 0.431. The van der Waals surface area contributed by atoms with Gasteiger partial charge >= 0.3 is 29.6 Å². The van der Waals surface area contributed by atoms with Gasteiger partial charge in [0.2, 0.25) is 0 Å². The van der Waals surface area contributed by atoms with Crippen LogP contribution in [0.15, 0.2) is 60.2 Å². The van der Waals surface area contributed by atoms with Crippen molar-refractivity contribution in [2.45, 2.75) is 0 Å². The second kappa shape index (κ2) is 7.04. The second-order valence-corrected chi connectivity index (χ2v) is 4.83. The molecule has 3 rings (SSSR count). The number of hydrogen-bond donors (Lipinski definition) is 0. The molecule has 0 unspecified atom stereocenters. The average molecular weight is 316 g/mol. The molecule has 23 heavy (non-hydrogen) atoms. The molecule has 0 radical (unpaired) electrons. The van der Waals surface area contributed by atoms with Gasteiger partial charge in [-0.3, -0.25) is 9.59 Å². The van der Waals surface area contributed by atoms with Crippen LogP contribution in [0.25, 0.3) is 11.8 Å². The van der Waals surface area contributed by atoms with E-state index in [9.17, 15) is 19.1 Å². The van der Waals surface area contributed by atoms with Crippen molar-refractivity contribution in [3.05, 3.63) is 82.7 Å². The summed E-state index contributed by atoms with van der Waals surface area (Å²) in [6.45, 7) is 0. The summed E-state index contributed by atoms with van der Waals surface area (Å²) < 4.78 is 12.8. The van der Waals surface area contributed by atoms with Gasteiger partial charge in [-0.15, -0.1) is 0 Å². The zero-order valence-electron chi connectivity index (χ0n) is 12.4. The van der Waals surface area contributed by atoms with Gasteiger partial charge in [0.25, 0.3) is 0 Å². The number of benzene rings is 2. The number of fused-ring (bicyclic) bond motifs is 1. The Kier molecular flexibility index (Phi) is 5.31. The van der Waals surface area contributed by atoms with Crippen molar-refractivity contribution < 1.29 is 48.6 Å². The topological polar surface area (TPSA) is 57.2 Å². The maximum absolute atomic E-state index is 12.8. The number of Topliss-reactive ketones (excluding diaryl/α,β-unsaturated/α-hetero) is 1. The minimum Gasteiger partial charge on any atom is -0.871 e. The van der Waals surface area contributed by atoms with Crippen molar-refractivity contribution in [2.24, 2.45) is 0 Å². The van der Waals surface area contributed by atoms with Crippen LogP contribution in [-0.2, 0) is 4.79 Å². The Morgan fingerprint density at radius 1 is 1.00 bits per heavy atom. The molecule has 0 saturated heterocycles. The molecule has 1 aliphatic rings. The number of allylic oxidation sites excluding steroid dienone is 2. The summed E-state index contributed by atoms with van der Waals surface area (Å²) in [6, 6.07) is 11.9. The van der Waals surface area contributed by atoms with Crippen molar-refractivity contribution in [3.63, 3.8) is 0 Å². The smallest absolute Gasteiger partial charge is 0.871 e. The van der Waals surface area contributed by atoms with Crippen molar-refractivity contribution in [3.8, 4) is 0 Å². The van der Waals surface area contributed by atoms with Crippen molar-refractivity contribution >= 4 is 23.4 Å². The van der Waals surface area contributed by atoms with Gasteiger partial charge < -0.3 is 5.11 Å². The summed E-state index contributed by atoms with van der Waals surface area (Å²) in [5.74, 6) is -2.12. The maximum Gasteiger partial charge on any atom is 1.00 e. The van der Waals surface area contributed by atoms with Crippen LogP contribution in [0.4, 0.5) is 4.39 Å². The fraction of sp³-hybridized carbons (Fsp3) is 0. The maximum atomic E-state index is 12.8. The van der Waals surface area contributed by atoms with Crippen LogP contribution in [-0.4, -0.2) is 11.6 Å². The molecule has 108 valence electrons. The SMILES string of the molecule is O=C(/C=C/c1ccc(F)cc1)C1=C([O-])c2ccccc2C1=O.[Na+]. The Labute approximate surface area is 154 Å². The Balaban J connectivity index is 0.00000192. The molecule has 0 atom stereocenters. The number of hydrogen-bond acceptors (Lipinski definition) is 3. The molecule has 3 nitrogen and oxygen atoms in total. The standard InChI is InChI=1S/C18H11FO3.Na/c19-12-8-5-11(6-9-12)7-10-15(20)16-17(21)13-3-1-2-4-14(13)18(16)22;/h1-10,21H;/q;+1/p-1/b10-7+;. The van der Waals surface area contributed by atoms with Crippen LogP contribution in [0.3, 0.4) is 0 Å². The van der Waals surface area contributed by atoms with Gasteiger partial charge in [0.05, 0.1) is 5.57 Å². The van der Waals surface area contributed by atoms with Gasteiger partial charge in [-0.2, -0.15) is 0 Å². The number of halogens is 1. The third kappa shape index (κ3) is 3.34. The van der Waals surface area contributed by atoms with E-state index in [0.29, 0.717) is 5.56 Å². The summed E-state index contributed by atoms with van der Waals surface area (Å²) in [6.07, 6.45) is 2.60. The zero-order chi connectivity index (χ0) is 15.7. The van der Waals surface area contributed by atoms with Crippen LogP contribution < -0.4 is 34.7 Å². The minimum atomic E-state index is -0.643. The minimum absolute atomic E-state index is 0. The van der Waals surface area contributed by atoms with Gasteiger partial charge in [-0.25, -0.2) is 4.39 Å². The van der Waals surface area contributed by atoms with Gasteiger partial charge in [-0.05, 0) is 29.3 Å². The summed E-state index contributed by atoms with van der Waals surface area (Å²) in [7, 11) is 0. The van der Waals surface area contributed by atoms with Crippen LogP contribution in [0.5, 0.6) is 0 Å². The van der Waals surface area contributed by atoms with E-state index in [1.165, 1.54) is 42.5 Å². The first-order valence-corrected chi connectivity index (χ1v) is 6.61. The van der Waals surface area contributed by atoms with E-state index in [2.05, 4.69) is 0 Å².